The summed E-state index contributed by atoms with van der Waals surface area (Å²) in [6.45, 7) is 1.35. The van der Waals surface area contributed by atoms with Crippen LogP contribution in [0.3, 0.4) is 0 Å². The minimum Gasteiger partial charge on any atom is -0.548 e. The summed E-state index contributed by atoms with van der Waals surface area (Å²) >= 11 is 5.89. The van der Waals surface area contributed by atoms with Crippen LogP contribution in [0.15, 0.2) is 24.3 Å². The minimum absolute atomic E-state index is 0.366. The number of carboxylic acid groups (broad SMARTS) is 1. The average molecular weight is 280 g/mol. The Hall–Kier alpha value is -2.01. The molecule has 100 valence electrons. The van der Waals surface area contributed by atoms with Crippen LogP contribution in [0.5, 0.6) is 0 Å². The van der Waals surface area contributed by atoms with E-state index >= 15 is 0 Å². The first-order valence-corrected chi connectivity index (χ1v) is 6.04. The molecule has 1 atom stereocenters. The lowest BCUT2D eigenvalue weighted by molar-refractivity contribution is -0.307. The number of carbonyl (C=O) groups excluding carboxylic acids is 2. The van der Waals surface area contributed by atoms with E-state index in [2.05, 4.69) is 5.32 Å². The molecule has 6 heteroatoms. The van der Waals surface area contributed by atoms with Crippen molar-refractivity contribution >= 4 is 34.4 Å². The van der Waals surface area contributed by atoms with Crippen molar-refractivity contribution in [2.75, 3.05) is 0 Å². The Morgan fingerprint density at radius 1 is 1.37 bits per heavy atom. The summed E-state index contributed by atoms with van der Waals surface area (Å²) in [5.41, 5.74) is 1.21. The van der Waals surface area contributed by atoms with Crippen molar-refractivity contribution in [3.63, 3.8) is 0 Å². The van der Waals surface area contributed by atoms with Crippen LogP contribution < -0.4 is 10.4 Å². The van der Waals surface area contributed by atoms with Gasteiger partial charge in [-0.1, -0.05) is 11.6 Å². The number of carbonyl (C=O) groups is 2. The Bertz CT molecular complexity index is 663. The lowest BCUT2D eigenvalue weighted by Gasteiger charge is -2.14. The molecule has 2 aromatic rings. The number of carboxylic acids is 1. The van der Waals surface area contributed by atoms with Crippen LogP contribution in [-0.2, 0) is 11.8 Å². The Balaban J connectivity index is 2.37. The number of nitrogens with zero attached hydrogens (tertiary/aromatic N) is 1. The Kier molecular flexibility index (Phi) is 3.48. The van der Waals surface area contributed by atoms with Crippen molar-refractivity contribution in [3.8, 4) is 0 Å². The molecule has 5 nitrogen and oxygen atoms in total. The molecular formula is C13H12ClN2O3-. The largest absolute Gasteiger partial charge is 0.548 e. The van der Waals surface area contributed by atoms with Gasteiger partial charge in [-0.3, -0.25) is 4.79 Å². The van der Waals surface area contributed by atoms with Crippen LogP contribution in [0.4, 0.5) is 0 Å². The topological polar surface area (TPSA) is 74.2 Å². The fraction of sp³-hybridized carbons (Fsp3) is 0.231. The van der Waals surface area contributed by atoms with E-state index in [1.807, 2.05) is 0 Å². The van der Waals surface area contributed by atoms with E-state index in [-0.39, 0.29) is 0 Å². The highest BCUT2D eigenvalue weighted by Crippen LogP contribution is 2.22. The third-order valence-corrected chi connectivity index (χ3v) is 3.17. The van der Waals surface area contributed by atoms with Crippen LogP contribution in [0.2, 0.25) is 5.02 Å². The molecule has 0 bridgehead atoms. The predicted molar refractivity (Wildman–Crippen MR) is 69.9 cm³/mol. The molecule has 1 N–H and O–H groups in total. The van der Waals surface area contributed by atoms with Crippen LogP contribution in [0.25, 0.3) is 10.9 Å². The standard InChI is InChI=1S/C13H13ClN2O3/c1-7(13(18)19)15-12(17)11-6-8-5-9(14)3-4-10(8)16(11)2/h3-7H,1-2H3,(H,15,17)(H,18,19)/p-1/t7-/m0/s1. The van der Waals surface area contributed by atoms with E-state index < -0.39 is 17.9 Å². The second-order valence-corrected chi connectivity index (χ2v) is 4.74. The second-order valence-electron chi connectivity index (χ2n) is 4.31. The normalized spacial score (nSPS) is 12.4. The summed E-state index contributed by atoms with van der Waals surface area (Å²) in [5, 5.41) is 14.4. The quantitative estimate of drug-likeness (QED) is 0.899. The molecule has 19 heavy (non-hydrogen) atoms. The van der Waals surface area contributed by atoms with Gasteiger partial charge in [0.2, 0.25) is 0 Å². The van der Waals surface area contributed by atoms with Crippen molar-refractivity contribution < 1.29 is 14.7 Å². The molecule has 0 aliphatic rings. The fourth-order valence-electron chi connectivity index (χ4n) is 1.87. The number of hydrogen-bond acceptors (Lipinski definition) is 3. The summed E-state index contributed by atoms with van der Waals surface area (Å²) in [5.74, 6) is -1.79. The third-order valence-electron chi connectivity index (χ3n) is 2.94. The molecule has 0 saturated carbocycles. The van der Waals surface area contributed by atoms with Crippen LogP contribution >= 0.6 is 11.6 Å². The number of aromatic nitrogens is 1. The number of benzene rings is 1. The third kappa shape index (κ3) is 2.56. The van der Waals surface area contributed by atoms with Crippen LogP contribution in [0.1, 0.15) is 17.4 Å². The molecule has 0 spiro atoms. The van der Waals surface area contributed by atoms with E-state index in [0.29, 0.717) is 10.7 Å². The van der Waals surface area contributed by atoms with E-state index in [1.54, 1.807) is 35.9 Å². The number of halogens is 1. The summed E-state index contributed by atoms with van der Waals surface area (Å²) in [4.78, 5) is 22.6. The maximum atomic E-state index is 12.0. The van der Waals surface area contributed by atoms with Gasteiger partial charge in [-0.25, -0.2) is 0 Å². The number of aliphatic carboxylic acids is 1. The molecule has 2 rings (SSSR count). The first-order chi connectivity index (χ1) is 8.90. The molecular weight excluding hydrogens is 268 g/mol. The zero-order chi connectivity index (χ0) is 14.2. The number of aryl methyl sites for hydroxylation is 1. The SMILES string of the molecule is C[C@H](NC(=O)c1cc2cc(Cl)ccc2n1C)C(=O)[O-]. The molecule has 0 radical (unpaired) electrons. The summed E-state index contributed by atoms with van der Waals surface area (Å²) in [6.07, 6.45) is 0. The molecule has 1 amide bonds. The lowest BCUT2D eigenvalue weighted by Crippen LogP contribution is -2.46. The number of nitrogens with one attached hydrogen (secondary N) is 1. The Labute approximate surface area is 114 Å². The molecule has 0 fully saturated rings. The monoisotopic (exact) mass is 279 g/mol. The number of rotatable bonds is 3. The zero-order valence-electron chi connectivity index (χ0n) is 10.4. The van der Waals surface area contributed by atoms with Gasteiger partial charge >= 0.3 is 0 Å². The summed E-state index contributed by atoms with van der Waals surface area (Å²) in [7, 11) is 1.73. The molecule has 0 aliphatic heterocycles. The molecule has 1 heterocycles. The van der Waals surface area contributed by atoms with E-state index in [1.165, 1.54) is 6.92 Å². The van der Waals surface area contributed by atoms with Crippen molar-refractivity contribution in [2.45, 2.75) is 13.0 Å². The van der Waals surface area contributed by atoms with Gasteiger partial charge in [0.1, 0.15) is 5.69 Å². The number of fused-ring (bicyclic) bond motifs is 1. The van der Waals surface area contributed by atoms with Gasteiger partial charge < -0.3 is 19.8 Å². The van der Waals surface area contributed by atoms with Gasteiger partial charge in [-0.2, -0.15) is 0 Å². The van der Waals surface area contributed by atoms with Crippen molar-refractivity contribution in [3.05, 3.63) is 35.0 Å². The smallest absolute Gasteiger partial charge is 0.268 e. The second kappa shape index (κ2) is 4.93. The first-order valence-electron chi connectivity index (χ1n) is 5.67. The van der Waals surface area contributed by atoms with Gasteiger partial charge in [0.25, 0.3) is 5.91 Å². The first kappa shape index (κ1) is 13.4. The van der Waals surface area contributed by atoms with Crippen LogP contribution in [0, 0.1) is 0 Å². The predicted octanol–water partition coefficient (Wildman–Crippen LogP) is 0.700. The maximum Gasteiger partial charge on any atom is 0.268 e. The number of hydrogen-bond donors (Lipinski definition) is 1. The highest BCUT2D eigenvalue weighted by atomic mass is 35.5. The van der Waals surface area contributed by atoms with Gasteiger partial charge in [0, 0.05) is 23.0 Å². The van der Waals surface area contributed by atoms with E-state index in [9.17, 15) is 14.7 Å². The average Bonchev–Trinajstić information content (AvgIpc) is 2.66. The fourth-order valence-corrected chi connectivity index (χ4v) is 2.05. The van der Waals surface area contributed by atoms with Gasteiger partial charge in [-0.05, 0) is 31.2 Å². The minimum atomic E-state index is -1.32. The van der Waals surface area contributed by atoms with E-state index in [0.717, 1.165) is 10.9 Å². The molecule has 1 aromatic heterocycles. The van der Waals surface area contributed by atoms with Crippen LogP contribution in [-0.4, -0.2) is 22.5 Å². The molecule has 0 unspecified atom stereocenters. The highest BCUT2D eigenvalue weighted by molar-refractivity contribution is 6.31. The van der Waals surface area contributed by atoms with Gasteiger partial charge in [0.15, 0.2) is 0 Å². The van der Waals surface area contributed by atoms with Gasteiger partial charge in [0.05, 0.1) is 12.0 Å². The number of amides is 1. The highest BCUT2D eigenvalue weighted by Gasteiger charge is 2.15. The Morgan fingerprint density at radius 2 is 2.05 bits per heavy atom. The summed E-state index contributed by atoms with van der Waals surface area (Å²) in [6, 6.07) is 5.90. The zero-order valence-corrected chi connectivity index (χ0v) is 11.2. The molecule has 0 saturated heterocycles. The van der Waals surface area contributed by atoms with Crippen molar-refractivity contribution in [1.82, 2.24) is 9.88 Å². The van der Waals surface area contributed by atoms with Crippen molar-refractivity contribution in [2.24, 2.45) is 7.05 Å². The van der Waals surface area contributed by atoms with Crippen molar-refractivity contribution in [1.29, 1.82) is 0 Å². The maximum absolute atomic E-state index is 12.0. The molecule has 1 aromatic carbocycles. The Morgan fingerprint density at radius 3 is 2.68 bits per heavy atom. The summed E-state index contributed by atoms with van der Waals surface area (Å²) < 4.78 is 1.68. The van der Waals surface area contributed by atoms with Gasteiger partial charge in [-0.15, -0.1) is 0 Å². The lowest BCUT2D eigenvalue weighted by atomic mass is 10.2. The molecule has 0 aliphatic carbocycles. The van der Waals surface area contributed by atoms with E-state index in [4.69, 9.17) is 11.6 Å².